The molecule has 0 radical (unpaired) electrons. The highest BCUT2D eigenvalue weighted by Gasteiger charge is 2.30. The van der Waals surface area contributed by atoms with Crippen LogP contribution in [-0.4, -0.2) is 59.3 Å². The van der Waals surface area contributed by atoms with Gasteiger partial charge in [-0.3, -0.25) is 0 Å². The SMILES string of the molecule is COc1cc(OC)cc(S(=O)(=O)N2CCC(OCCCN)CC2)c1.Cl. The minimum absolute atomic E-state index is 0. The molecule has 1 fully saturated rings. The van der Waals surface area contributed by atoms with Crippen LogP contribution in [0, 0.1) is 0 Å². The lowest BCUT2D eigenvalue weighted by Crippen LogP contribution is -2.41. The van der Waals surface area contributed by atoms with Crippen molar-refractivity contribution in [1.29, 1.82) is 0 Å². The number of nitrogens with two attached hydrogens (primary N) is 1. The molecular weight excluding hydrogens is 368 g/mol. The van der Waals surface area contributed by atoms with Crippen LogP contribution in [0.2, 0.25) is 0 Å². The zero-order chi connectivity index (χ0) is 17.6. The fraction of sp³-hybridized carbons (Fsp3) is 0.625. The van der Waals surface area contributed by atoms with Crippen molar-refractivity contribution in [2.75, 3.05) is 40.5 Å². The first-order valence-corrected chi connectivity index (χ1v) is 9.50. The molecule has 0 saturated carbocycles. The number of rotatable bonds is 8. The van der Waals surface area contributed by atoms with Gasteiger partial charge in [0.05, 0.1) is 25.2 Å². The molecule has 0 spiro atoms. The van der Waals surface area contributed by atoms with Crippen LogP contribution >= 0.6 is 12.4 Å². The third-order valence-corrected chi connectivity index (χ3v) is 5.94. The lowest BCUT2D eigenvalue weighted by molar-refractivity contribution is 0.0209. The van der Waals surface area contributed by atoms with Crippen molar-refractivity contribution in [1.82, 2.24) is 4.31 Å². The maximum atomic E-state index is 12.8. The monoisotopic (exact) mass is 394 g/mol. The van der Waals surface area contributed by atoms with Gasteiger partial charge >= 0.3 is 0 Å². The zero-order valence-electron chi connectivity index (χ0n) is 14.6. The van der Waals surface area contributed by atoms with Gasteiger partial charge in [-0.25, -0.2) is 8.42 Å². The highest BCUT2D eigenvalue weighted by atomic mass is 35.5. The van der Waals surface area contributed by atoms with Crippen molar-refractivity contribution >= 4 is 22.4 Å². The lowest BCUT2D eigenvalue weighted by atomic mass is 10.1. The second-order valence-electron chi connectivity index (χ2n) is 5.66. The summed E-state index contributed by atoms with van der Waals surface area (Å²) in [5, 5.41) is 0. The van der Waals surface area contributed by atoms with E-state index in [2.05, 4.69) is 0 Å². The van der Waals surface area contributed by atoms with Gasteiger partial charge in [0.2, 0.25) is 10.0 Å². The summed E-state index contributed by atoms with van der Waals surface area (Å²) in [6, 6.07) is 4.68. The number of nitrogens with zero attached hydrogens (tertiary/aromatic N) is 1. The van der Waals surface area contributed by atoms with E-state index in [0.29, 0.717) is 50.6 Å². The van der Waals surface area contributed by atoms with E-state index in [1.165, 1.54) is 30.7 Å². The number of ether oxygens (including phenoxy) is 3. The number of methoxy groups -OCH3 is 2. The summed E-state index contributed by atoms with van der Waals surface area (Å²) in [4.78, 5) is 0.182. The Labute approximate surface area is 155 Å². The lowest BCUT2D eigenvalue weighted by Gasteiger charge is -2.31. The molecule has 2 rings (SSSR count). The first-order chi connectivity index (χ1) is 11.5. The predicted molar refractivity (Wildman–Crippen MR) is 98.2 cm³/mol. The average molecular weight is 395 g/mol. The van der Waals surface area contributed by atoms with E-state index < -0.39 is 10.0 Å². The molecule has 144 valence electrons. The van der Waals surface area contributed by atoms with Crippen LogP contribution < -0.4 is 15.2 Å². The van der Waals surface area contributed by atoms with Crippen molar-refractivity contribution in [3.63, 3.8) is 0 Å². The molecule has 0 bridgehead atoms. The van der Waals surface area contributed by atoms with Crippen LogP contribution in [0.3, 0.4) is 0 Å². The minimum Gasteiger partial charge on any atom is -0.497 e. The summed E-state index contributed by atoms with van der Waals surface area (Å²) in [7, 11) is -0.587. The number of hydrogen-bond donors (Lipinski definition) is 1. The third-order valence-electron chi connectivity index (χ3n) is 4.07. The second kappa shape index (κ2) is 10.2. The van der Waals surface area contributed by atoms with Gasteiger partial charge in [0.25, 0.3) is 0 Å². The van der Waals surface area contributed by atoms with Gasteiger partial charge in [-0.2, -0.15) is 4.31 Å². The molecule has 2 N–H and O–H groups in total. The normalized spacial score (nSPS) is 16.3. The van der Waals surface area contributed by atoms with Crippen molar-refractivity contribution in [2.45, 2.75) is 30.3 Å². The number of halogens is 1. The standard InChI is InChI=1S/C16H26N2O5S.ClH/c1-21-14-10-15(22-2)12-16(11-14)24(19,20)18-7-4-13(5-8-18)23-9-3-6-17;/h10-13H,3-9,17H2,1-2H3;1H. The van der Waals surface area contributed by atoms with Gasteiger partial charge in [-0.15, -0.1) is 12.4 Å². The van der Waals surface area contributed by atoms with Crippen molar-refractivity contribution in [3.05, 3.63) is 18.2 Å². The van der Waals surface area contributed by atoms with E-state index in [0.717, 1.165) is 6.42 Å². The number of hydrogen-bond acceptors (Lipinski definition) is 6. The van der Waals surface area contributed by atoms with E-state index in [4.69, 9.17) is 19.9 Å². The van der Waals surface area contributed by atoms with E-state index in [-0.39, 0.29) is 23.4 Å². The molecular formula is C16H27ClN2O5S. The first kappa shape index (κ1) is 22.0. The Morgan fingerprint density at radius 1 is 1.12 bits per heavy atom. The Balaban J connectivity index is 0.00000312. The van der Waals surface area contributed by atoms with Crippen molar-refractivity contribution < 1.29 is 22.6 Å². The molecule has 0 amide bonds. The van der Waals surface area contributed by atoms with Crippen molar-refractivity contribution in [3.8, 4) is 11.5 Å². The summed E-state index contributed by atoms with van der Waals surface area (Å²) in [6.07, 6.45) is 2.29. The second-order valence-corrected chi connectivity index (χ2v) is 7.60. The van der Waals surface area contributed by atoms with E-state index in [1.54, 1.807) is 6.07 Å². The van der Waals surface area contributed by atoms with Gasteiger partial charge in [-0.1, -0.05) is 0 Å². The molecule has 25 heavy (non-hydrogen) atoms. The van der Waals surface area contributed by atoms with Gasteiger partial charge in [-0.05, 0) is 25.8 Å². The van der Waals surface area contributed by atoms with Gasteiger partial charge in [0.1, 0.15) is 11.5 Å². The molecule has 1 aliphatic heterocycles. The van der Waals surface area contributed by atoms with Crippen LogP contribution in [-0.2, 0) is 14.8 Å². The fourth-order valence-corrected chi connectivity index (χ4v) is 4.17. The molecule has 0 atom stereocenters. The van der Waals surface area contributed by atoms with Crippen LogP contribution in [0.25, 0.3) is 0 Å². The van der Waals surface area contributed by atoms with Crippen LogP contribution in [0.4, 0.5) is 0 Å². The summed E-state index contributed by atoms with van der Waals surface area (Å²) in [6.45, 7) is 2.11. The van der Waals surface area contributed by atoms with Crippen LogP contribution in [0.1, 0.15) is 19.3 Å². The number of sulfonamides is 1. The molecule has 9 heteroatoms. The maximum Gasteiger partial charge on any atom is 0.243 e. The van der Waals surface area contributed by atoms with Gasteiger partial charge in [0.15, 0.2) is 0 Å². The Morgan fingerprint density at radius 3 is 2.16 bits per heavy atom. The zero-order valence-corrected chi connectivity index (χ0v) is 16.3. The molecule has 1 aliphatic rings. The Morgan fingerprint density at radius 2 is 1.68 bits per heavy atom. The highest BCUT2D eigenvalue weighted by Crippen LogP contribution is 2.29. The summed E-state index contributed by atoms with van der Waals surface area (Å²) in [5.41, 5.74) is 5.45. The highest BCUT2D eigenvalue weighted by molar-refractivity contribution is 7.89. The Hall–Kier alpha value is -1.06. The number of benzene rings is 1. The summed E-state index contributed by atoms with van der Waals surface area (Å²) in [5.74, 6) is 0.904. The summed E-state index contributed by atoms with van der Waals surface area (Å²) < 4.78 is 43.2. The van der Waals surface area contributed by atoms with E-state index in [1.807, 2.05) is 0 Å². The smallest absolute Gasteiger partial charge is 0.243 e. The minimum atomic E-state index is -3.58. The quantitative estimate of drug-likeness (QED) is 0.674. The maximum absolute atomic E-state index is 12.8. The molecule has 1 heterocycles. The van der Waals surface area contributed by atoms with E-state index in [9.17, 15) is 8.42 Å². The number of piperidine rings is 1. The summed E-state index contributed by atoms with van der Waals surface area (Å²) >= 11 is 0. The largest absolute Gasteiger partial charge is 0.497 e. The Kier molecular flexibility index (Phi) is 8.95. The fourth-order valence-electron chi connectivity index (χ4n) is 2.65. The molecule has 0 unspecified atom stereocenters. The van der Waals surface area contributed by atoms with Gasteiger partial charge < -0.3 is 19.9 Å². The molecule has 1 aromatic rings. The molecule has 1 aromatic carbocycles. The van der Waals surface area contributed by atoms with Crippen molar-refractivity contribution in [2.24, 2.45) is 5.73 Å². The third kappa shape index (κ3) is 5.72. The Bertz CT molecular complexity index is 611. The van der Waals surface area contributed by atoms with Crippen LogP contribution in [0.5, 0.6) is 11.5 Å². The first-order valence-electron chi connectivity index (χ1n) is 8.06. The molecule has 1 saturated heterocycles. The molecule has 0 aromatic heterocycles. The van der Waals surface area contributed by atoms with E-state index >= 15 is 0 Å². The average Bonchev–Trinajstić information content (AvgIpc) is 2.61. The van der Waals surface area contributed by atoms with Crippen LogP contribution in [0.15, 0.2) is 23.1 Å². The topological polar surface area (TPSA) is 91.1 Å². The molecule has 7 nitrogen and oxygen atoms in total. The molecule has 0 aliphatic carbocycles. The van der Waals surface area contributed by atoms with Gasteiger partial charge in [0, 0.05) is 37.9 Å². The predicted octanol–water partition coefficient (Wildman–Crippen LogP) is 1.64.